The number of aliphatic hydroxyl groups is 7. The zero-order chi connectivity index (χ0) is 105. The molecule has 0 aromatic heterocycles. The monoisotopic (exact) mass is 2030 g/mol. The smallest absolute Gasteiger partial charge is 0.331 e. The van der Waals surface area contributed by atoms with Crippen LogP contribution in [0.3, 0.4) is 0 Å². The fourth-order valence-electron chi connectivity index (χ4n) is 41.7. The molecule has 23 rings (SSSR count). The van der Waals surface area contributed by atoms with Gasteiger partial charge in [0.05, 0.1) is 29.5 Å². The van der Waals surface area contributed by atoms with Gasteiger partial charge in [-0.3, -0.25) is 38.4 Å². The third kappa shape index (κ3) is 18.6. The van der Waals surface area contributed by atoms with Gasteiger partial charge in [-0.2, -0.15) is 0 Å². The molecule has 32 unspecified atom stereocenters. The van der Waals surface area contributed by atoms with Gasteiger partial charge < -0.3 is 66.3 Å². The van der Waals surface area contributed by atoms with Crippen molar-refractivity contribution < 1.29 is 98.3 Å². The second kappa shape index (κ2) is 41.1. The summed E-state index contributed by atoms with van der Waals surface area (Å²) >= 11 is 0. The Morgan fingerprint density at radius 2 is 0.993 bits per heavy atom. The number of carbonyl (C=O) groups is 10. The summed E-state index contributed by atoms with van der Waals surface area (Å²) < 4.78 is 10.3. The Balaban J connectivity index is 0.000000116. The zero-order valence-corrected chi connectivity index (χ0v) is 91.2. The summed E-state index contributed by atoms with van der Waals surface area (Å²) in [4.78, 5) is 120. The lowest BCUT2D eigenvalue weighted by Crippen LogP contribution is -2.66. The zero-order valence-electron chi connectivity index (χ0n) is 91.2. The molecular weight excluding hydrogens is 1850 g/mol. The van der Waals surface area contributed by atoms with E-state index in [2.05, 4.69) is 116 Å². The van der Waals surface area contributed by atoms with Crippen LogP contribution < -0.4 is 16.0 Å². The van der Waals surface area contributed by atoms with E-state index in [1.807, 2.05) is 19.1 Å². The summed E-state index contributed by atoms with van der Waals surface area (Å²) in [7, 11) is 0. The lowest BCUT2D eigenvalue weighted by atomic mass is 9.42. The molecule has 39 atom stereocenters. The normalized spacial score (nSPS) is 47.4. The number of carboxylic acid groups (broad SMARTS) is 1. The number of benzene rings is 1. The van der Waals surface area contributed by atoms with Gasteiger partial charge in [0, 0.05) is 105 Å². The molecule has 22 aliphatic rings. The fourth-order valence-corrected chi connectivity index (χ4v) is 41.7. The Morgan fingerprint density at radius 1 is 0.456 bits per heavy atom. The van der Waals surface area contributed by atoms with Crippen LogP contribution >= 0.6 is 0 Å². The molecule has 0 spiro atoms. The summed E-state index contributed by atoms with van der Waals surface area (Å²) in [5, 5.41) is 95.3. The molecule has 0 bridgehead atoms. The average Bonchev–Trinajstić information content (AvgIpc) is 1.54. The molecule has 2 aliphatic heterocycles. The molecule has 2 heterocycles. The number of hydrogen-bond donors (Lipinski definition) is 11. The van der Waals surface area contributed by atoms with Crippen LogP contribution in [-0.4, -0.2) is 174 Å². The maximum Gasteiger partial charge on any atom is 0.331 e. The second-order valence-electron chi connectivity index (χ2n) is 55.6. The van der Waals surface area contributed by atoms with Gasteiger partial charge in [-0.1, -0.05) is 112 Å². The molecule has 19 fully saturated rings. The van der Waals surface area contributed by atoms with E-state index in [9.17, 15) is 78.6 Å². The molecule has 20 aliphatic carbocycles. The van der Waals surface area contributed by atoms with Crippen molar-refractivity contribution >= 4 is 58.8 Å². The molecule has 11 N–H and O–H groups in total. The number of hydrogen-bond acceptors (Lipinski definition) is 19. The van der Waals surface area contributed by atoms with Crippen molar-refractivity contribution in [3.8, 4) is 0 Å². The van der Waals surface area contributed by atoms with Crippen molar-refractivity contribution in [2.45, 2.75) is 420 Å². The van der Waals surface area contributed by atoms with E-state index in [4.69, 9.17) is 19.7 Å². The van der Waals surface area contributed by atoms with Crippen LogP contribution in [0, 0.1) is 184 Å². The number of fused-ring (bicyclic) bond motifs is 25. The Kier molecular flexibility index (Phi) is 30.5. The van der Waals surface area contributed by atoms with Gasteiger partial charge in [0.25, 0.3) is 5.91 Å². The van der Waals surface area contributed by atoms with Crippen molar-refractivity contribution in [3.63, 3.8) is 0 Å². The van der Waals surface area contributed by atoms with Crippen molar-refractivity contribution in [2.24, 2.45) is 184 Å². The Labute approximate surface area is 875 Å². The summed E-state index contributed by atoms with van der Waals surface area (Å²) in [5.41, 5.74) is 1.70. The number of nitrogens with one attached hydrogen (secondary N) is 3. The van der Waals surface area contributed by atoms with E-state index < -0.39 is 34.3 Å². The van der Waals surface area contributed by atoms with E-state index in [1.54, 1.807) is 12.2 Å². The highest BCUT2D eigenvalue weighted by atomic mass is 16.5. The summed E-state index contributed by atoms with van der Waals surface area (Å²) in [5.74, 6) is 9.61. The van der Waals surface area contributed by atoms with Crippen molar-refractivity contribution in [1.82, 2.24) is 16.0 Å². The second-order valence-corrected chi connectivity index (χ2v) is 55.6. The van der Waals surface area contributed by atoms with E-state index in [-0.39, 0.29) is 147 Å². The van der Waals surface area contributed by atoms with Gasteiger partial charge in [0.2, 0.25) is 11.8 Å². The van der Waals surface area contributed by atoms with Gasteiger partial charge >= 0.3 is 17.9 Å². The van der Waals surface area contributed by atoms with Crippen LogP contribution in [0.1, 0.15) is 378 Å². The first kappa shape index (κ1) is 109. The first-order valence-corrected chi connectivity index (χ1v) is 59.1. The number of rotatable bonds is 16. The Bertz CT molecular complexity index is 5240. The third-order valence-electron chi connectivity index (χ3n) is 50.0. The number of carboxylic acids is 1. The summed E-state index contributed by atoms with van der Waals surface area (Å²) in [6.07, 6.45) is 46.7. The maximum atomic E-state index is 12.9. The number of aliphatic hydroxyl groups excluding tert-OH is 4. The van der Waals surface area contributed by atoms with E-state index in [0.717, 1.165) is 223 Å². The molecule has 814 valence electrons. The average molecular weight is 2040 g/mol. The minimum Gasteiger partial charge on any atom is -0.480 e. The molecule has 23 heteroatoms. The highest BCUT2D eigenvalue weighted by Crippen LogP contribution is 2.76. The van der Waals surface area contributed by atoms with Crippen LogP contribution in [0.25, 0.3) is 0 Å². The first-order chi connectivity index (χ1) is 69.6. The molecule has 23 nitrogen and oxygen atoms in total. The molecule has 0 saturated heterocycles. The van der Waals surface area contributed by atoms with Gasteiger partial charge in [0.15, 0.2) is 5.78 Å². The summed E-state index contributed by atoms with van der Waals surface area (Å²) in [6.45, 7) is 28.6. The van der Waals surface area contributed by atoms with E-state index >= 15 is 0 Å². The van der Waals surface area contributed by atoms with E-state index in [1.165, 1.54) is 43.2 Å². The maximum absolute atomic E-state index is 12.9. The topological polar surface area (TPSA) is 387 Å². The minimum atomic E-state index is -1.31. The Morgan fingerprint density at radius 3 is 1.63 bits per heavy atom. The lowest BCUT2D eigenvalue weighted by molar-refractivity contribution is -0.241. The standard InChI is InChI=1S/C33H51NO3.C23H35NO4.C23H32O5.C23H32O4.C22H33NO4/c1-21(10-13-31(37)34-22(2)18-23-8-6-5-7-9-23)26-11-12-27-25-20-30(36)29-19-24(35)14-16-33(29,4)28(25)15-17-32(26,27)3;1-21-9-6-16(26)14-15(21)4-5-17-18(21)7-10-22(2)19(17)8-11-23(22,28)20(27)24-12-3-13-25;1-21-7-5-15(24)10-14(21)3-4-17-18(21)11-19(25)22(2)16(6-8-23(17,22)27)13-9-20(26)28-12-13;1-21-8-5-16(24)12-15(21)3-4-19-18(21)6-9-22(2)17(7-10-23(19,22)26)14-11-20(25)27-13-14;1-21-9-7-14(24)11-13(21)3-4-15-16-5-6-18(20(27)23-12-19(25)26)22(16,2)10-8-17(15)21/h5-9,21-22,24-30,35-36H,10-20H2,1-4H3,(H,34,37);14,17-19,25,28H,3-13H2,1-2H3,(H,24,27);9,14,16-19,25,27H,3-8,10-12H2,1-2H3;11,15,17-19,26H,3-10,12-13H2,1-2H3;13,15-18H,3-12H2,1-2H3,(H,23,27)(H,25,26)/t21?,22?,24-,25?,26?,27?,28?,29+,30+,32?,33?;17?,18?,19?,21?,22?,23-;14-,16?,17?,18?,19?,21?,22?,23?;15-,17?,18?,19?,21?,22?,23?;13-,15?,16?,17?,18?,21?,22?/m10111/s1. The first-order valence-electron chi connectivity index (χ1n) is 59.1. The SMILES string of the molecule is CC(Cc1ccccc1)NC(=O)CCC(C)C1CCC2C3C[C@H](O)[C@@H]4C[C@H](O)CCC4(C)C3CCC12C.CC12CCC(=O)C=C1CCC1C2CCC2(C)C1CC[C@]2(O)C(=O)NCCCO.CC12CCC(=O)C[C@H]1CCC1C2CC(O)C2(C)C(C3=CC(=O)OC3)CCC12O.CC12CCC(=O)C[C@H]1CCC1C2CCC2(C)C(C3=CC(=O)OC3)CCC12O.CC12CCC3C(CC[C@@H]4CC(=O)CCC34C)C1CCC2C(=O)NCC(=O)O. The number of amides is 3. The van der Waals surface area contributed by atoms with Crippen LogP contribution in [0.4, 0.5) is 0 Å². The fraction of sp³-hybridized carbons (Fsp3) is 0.823. The third-order valence-corrected chi connectivity index (χ3v) is 50.0. The summed E-state index contributed by atoms with van der Waals surface area (Å²) in [6, 6.07) is 10.5. The number of esters is 2. The Hall–Kier alpha value is -6.34. The number of ether oxygens (including phenoxy) is 2. The van der Waals surface area contributed by atoms with Gasteiger partial charge in [0.1, 0.15) is 42.7 Å². The van der Waals surface area contributed by atoms with Crippen molar-refractivity contribution in [3.05, 3.63) is 70.8 Å². The van der Waals surface area contributed by atoms with Crippen LogP contribution in [-0.2, 0) is 63.8 Å². The van der Waals surface area contributed by atoms with Gasteiger partial charge in [-0.15, -0.1) is 0 Å². The highest BCUT2D eigenvalue weighted by Gasteiger charge is 2.74. The quantitative estimate of drug-likeness (QED) is 0.0541. The molecular formula is C124H183N3O20. The molecule has 1 aromatic carbocycles. The predicted molar refractivity (Wildman–Crippen MR) is 559 cm³/mol. The van der Waals surface area contributed by atoms with Gasteiger partial charge in [-0.25, -0.2) is 9.59 Å². The number of allylic oxidation sites excluding steroid dienone is 1. The predicted octanol–water partition coefficient (Wildman–Crippen LogP) is 18.9. The van der Waals surface area contributed by atoms with E-state index in [0.29, 0.717) is 187 Å². The van der Waals surface area contributed by atoms with Crippen molar-refractivity contribution in [1.29, 1.82) is 0 Å². The van der Waals surface area contributed by atoms with Crippen LogP contribution in [0.2, 0.25) is 0 Å². The lowest BCUT2D eigenvalue weighted by Gasteiger charge is -2.64. The largest absolute Gasteiger partial charge is 0.480 e. The van der Waals surface area contributed by atoms with Crippen LogP contribution in [0.15, 0.2) is 65.3 Å². The molecule has 3 amide bonds. The van der Waals surface area contributed by atoms with Crippen molar-refractivity contribution in [2.75, 3.05) is 32.9 Å². The molecule has 1 aromatic rings. The number of carbonyl (C=O) groups excluding carboxylic acids is 9. The van der Waals surface area contributed by atoms with Gasteiger partial charge in [-0.05, 0) is 436 Å². The number of ketones is 4. The molecule has 147 heavy (non-hydrogen) atoms. The number of Topliss-reactive ketones (excluding diaryl/α,β-unsaturated/α-hetero) is 3. The highest BCUT2D eigenvalue weighted by molar-refractivity contribution is 5.92. The molecule has 19 saturated carbocycles. The van der Waals surface area contributed by atoms with Crippen LogP contribution in [0.5, 0.6) is 0 Å². The minimum absolute atomic E-state index is 0.00254. The number of cyclic esters (lactones) is 2. The molecule has 0 radical (unpaired) electrons. The number of aliphatic carboxylic acids is 1.